The van der Waals surface area contributed by atoms with Crippen LogP contribution in [0.1, 0.15) is 18.5 Å². The van der Waals surface area contributed by atoms with E-state index in [1.165, 1.54) is 12.1 Å². The molecule has 1 atom stereocenters. The van der Waals surface area contributed by atoms with E-state index >= 15 is 0 Å². The van der Waals surface area contributed by atoms with E-state index in [-0.39, 0.29) is 11.7 Å². The smallest absolute Gasteiger partial charge is 0.269 e. The fourth-order valence-electron chi connectivity index (χ4n) is 1.86. The molecule has 0 saturated carbocycles. The Labute approximate surface area is 116 Å². The van der Waals surface area contributed by atoms with Crippen LogP contribution in [0.25, 0.3) is 0 Å². The molecule has 20 heavy (non-hydrogen) atoms. The number of pyridine rings is 1. The molecule has 1 N–H and O–H groups in total. The Morgan fingerprint density at radius 3 is 2.60 bits per heavy atom. The second-order valence-electron chi connectivity index (χ2n) is 4.27. The molecule has 2 rings (SSSR count). The summed E-state index contributed by atoms with van der Waals surface area (Å²) >= 11 is 0. The number of ether oxygens (including phenoxy) is 1. The number of nitro benzene ring substituents is 1. The first-order valence-electron chi connectivity index (χ1n) is 6.11. The molecule has 6 nitrogen and oxygen atoms in total. The molecule has 0 aliphatic rings. The quantitative estimate of drug-likeness (QED) is 0.668. The Morgan fingerprint density at radius 1 is 1.30 bits per heavy atom. The SMILES string of the molecule is COc1ncccc1NC(C)c1ccc([N+](=O)[O-])cc1. The molecular formula is C14H15N3O3. The van der Waals surface area contributed by atoms with E-state index < -0.39 is 4.92 Å². The van der Waals surface area contributed by atoms with Crippen LogP contribution in [0.15, 0.2) is 42.6 Å². The van der Waals surface area contributed by atoms with Gasteiger partial charge in [-0.05, 0) is 24.6 Å². The Balaban J connectivity index is 2.15. The van der Waals surface area contributed by atoms with Gasteiger partial charge in [0, 0.05) is 24.4 Å². The van der Waals surface area contributed by atoms with Crippen molar-refractivity contribution < 1.29 is 9.66 Å². The van der Waals surface area contributed by atoms with Gasteiger partial charge in [0.2, 0.25) is 5.88 Å². The number of methoxy groups -OCH3 is 1. The minimum absolute atomic E-state index is 0.0195. The van der Waals surface area contributed by atoms with Crippen molar-refractivity contribution in [1.82, 2.24) is 4.98 Å². The average molecular weight is 273 g/mol. The van der Waals surface area contributed by atoms with E-state index in [2.05, 4.69) is 10.3 Å². The highest BCUT2D eigenvalue weighted by Gasteiger charge is 2.11. The predicted molar refractivity (Wildman–Crippen MR) is 75.9 cm³/mol. The molecule has 0 amide bonds. The summed E-state index contributed by atoms with van der Waals surface area (Å²) in [5.74, 6) is 0.515. The largest absolute Gasteiger partial charge is 0.480 e. The third kappa shape index (κ3) is 3.03. The molecule has 0 fully saturated rings. The van der Waals surface area contributed by atoms with Gasteiger partial charge in [-0.25, -0.2) is 4.98 Å². The lowest BCUT2D eigenvalue weighted by molar-refractivity contribution is -0.384. The summed E-state index contributed by atoms with van der Waals surface area (Å²) in [5.41, 5.74) is 1.81. The Hall–Kier alpha value is -2.63. The Bertz CT molecular complexity index is 599. The maximum atomic E-state index is 10.6. The van der Waals surface area contributed by atoms with Crippen LogP contribution in [0.5, 0.6) is 5.88 Å². The van der Waals surface area contributed by atoms with Gasteiger partial charge < -0.3 is 10.1 Å². The van der Waals surface area contributed by atoms with Gasteiger partial charge in [-0.3, -0.25) is 10.1 Å². The summed E-state index contributed by atoms with van der Waals surface area (Å²) < 4.78 is 5.17. The van der Waals surface area contributed by atoms with Crippen molar-refractivity contribution in [3.63, 3.8) is 0 Å². The van der Waals surface area contributed by atoms with Crippen LogP contribution in [-0.4, -0.2) is 17.0 Å². The van der Waals surface area contributed by atoms with E-state index in [1.807, 2.05) is 19.1 Å². The number of nitrogens with zero attached hydrogens (tertiary/aromatic N) is 2. The van der Waals surface area contributed by atoms with Gasteiger partial charge in [0.25, 0.3) is 5.69 Å². The molecule has 1 aromatic heterocycles. The summed E-state index contributed by atoms with van der Waals surface area (Å²) in [6.07, 6.45) is 1.65. The zero-order valence-electron chi connectivity index (χ0n) is 11.2. The molecule has 0 aliphatic heterocycles. The van der Waals surface area contributed by atoms with Crippen molar-refractivity contribution in [3.8, 4) is 5.88 Å². The number of nitro groups is 1. The van der Waals surface area contributed by atoms with E-state index in [1.54, 1.807) is 25.4 Å². The molecular weight excluding hydrogens is 258 g/mol. The van der Waals surface area contributed by atoms with E-state index in [0.29, 0.717) is 5.88 Å². The third-order valence-electron chi connectivity index (χ3n) is 2.94. The van der Waals surface area contributed by atoms with Crippen molar-refractivity contribution in [2.75, 3.05) is 12.4 Å². The van der Waals surface area contributed by atoms with Crippen LogP contribution >= 0.6 is 0 Å². The van der Waals surface area contributed by atoms with E-state index in [4.69, 9.17) is 4.74 Å². The standard InChI is InChI=1S/C14H15N3O3/c1-10(11-5-7-12(8-6-11)17(18)19)16-13-4-3-9-15-14(13)20-2/h3-10,16H,1-2H3. The van der Waals surface area contributed by atoms with Gasteiger partial charge in [0.15, 0.2) is 0 Å². The first kappa shape index (κ1) is 13.8. The van der Waals surface area contributed by atoms with Crippen LogP contribution in [0, 0.1) is 10.1 Å². The van der Waals surface area contributed by atoms with Crippen molar-refractivity contribution in [2.45, 2.75) is 13.0 Å². The maximum absolute atomic E-state index is 10.6. The van der Waals surface area contributed by atoms with Crippen molar-refractivity contribution in [2.24, 2.45) is 0 Å². The number of anilines is 1. The lowest BCUT2D eigenvalue weighted by Gasteiger charge is -2.17. The number of benzene rings is 1. The highest BCUT2D eigenvalue weighted by atomic mass is 16.6. The number of non-ortho nitro benzene ring substituents is 1. The number of hydrogen-bond acceptors (Lipinski definition) is 5. The average Bonchev–Trinajstić information content (AvgIpc) is 2.48. The molecule has 0 radical (unpaired) electrons. The molecule has 6 heteroatoms. The highest BCUT2D eigenvalue weighted by Crippen LogP contribution is 2.26. The third-order valence-corrected chi connectivity index (χ3v) is 2.94. The molecule has 0 bridgehead atoms. The molecule has 0 aliphatic carbocycles. The van der Waals surface area contributed by atoms with Gasteiger partial charge in [-0.15, -0.1) is 0 Å². The zero-order chi connectivity index (χ0) is 14.5. The summed E-state index contributed by atoms with van der Waals surface area (Å²) in [7, 11) is 1.56. The Morgan fingerprint density at radius 2 is 2.00 bits per heavy atom. The van der Waals surface area contributed by atoms with Crippen LogP contribution in [0.4, 0.5) is 11.4 Å². The predicted octanol–water partition coefficient (Wildman–Crippen LogP) is 3.17. The normalized spacial score (nSPS) is 11.7. The monoisotopic (exact) mass is 273 g/mol. The van der Waals surface area contributed by atoms with Gasteiger partial charge >= 0.3 is 0 Å². The molecule has 1 heterocycles. The van der Waals surface area contributed by atoms with Gasteiger partial charge in [0.05, 0.1) is 17.7 Å². The number of hydrogen-bond donors (Lipinski definition) is 1. The van der Waals surface area contributed by atoms with E-state index in [0.717, 1.165) is 11.3 Å². The van der Waals surface area contributed by atoms with Gasteiger partial charge in [-0.1, -0.05) is 12.1 Å². The summed E-state index contributed by atoms with van der Waals surface area (Å²) in [4.78, 5) is 14.3. The molecule has 0 saturated heterocycles. The minimum atomic E-state index is -0.411. The summed E-state index contributed by atoms with van der Waals surface area (Å²) in [6, 6.07) is 10.1. The van der Waals surface area contributed by atoms with Crippen LogP contribution < -0.4 is 10.1 Å². The molecule has 2 aromatic rings. The molecule has 0 spiro atoms. The van der Waals surface area contributed by atoms with Crippen molar-refractivity contribution in [3.05, 3.63) is 58.3 Å². The van der Waals surface area contributed by atoms with Crippen LogP contribution in [0.2, 0.25) is 0 Å². The van der Waals surface area contributed by atoms with Crippen molar-refractivity contribution in [1.29, 1.82) is 0 Å². The maximum Gasteiger partial charge on any atom is 0.269 e. The van der Waals surface area contributed by atoms with Crippen molar-refractivity contribution >= 4 is 11.4 Å². The van der Waals surface area contributed by atoms with Gasteiger partial charge in [-0.2, -0.15) is 0 Å². The fraction of sp³-hybridized carbons (Fsp3) is 0.214. The summed E-state index contributed by atoms with van der Waals surface area (Å²) in [6.45, 7) is 1.97. The number of rotatable bonds is 5. The first-order chi connectivity index (χ1) is 9.61. The number of aromatic nitrogens is 1. The second-order valence-corrected chi connectivity index (χ2v) is 4.27. The topological polar surface area (TPSA) is 77.3 Å². The van der Waals surface area contributed by atoms with Crippen LogP contribution in [-0.2, 0) is 0 Å². The van der Waals surface area contributed by atoms with Gasteiger partial charge in [0.1, 0.15) is 0 Å². The molecule has 1 unspecified atom stereocenters. The highest BCUT2D eigenvalue weighted by molar-refractivity contribution is 5.53. The fourth-order valence-corrected chi connectivity index (χ4v) is 1.86. The number of nitrogens with one attached hydrogen (secondary N) is 1. The summed E-state index contributed by atoms with van der Waals surface area (Å²) in [5, 5.41) is 13.9. The second kappa shape index (κ2) is 6.01. The first-order valence-corrected chi connectivity index (χ1v) is 6.11. The zero-order valence-corrected chi connectivity index (χ0v) is 11.2. The molecule has 104 valence electrons. The van der Waals surface area contributed by atoms with Crippen LogP contribution in [0.3, 0.4) is 0 Å². The Kier molecular flexibility index (Phi) is 4.14. The lowest BCUT2D eigenvalue weighted by atomic mass is 10.1. The lowest BCUT2D eigenvalue weighted by Crippen LogP contribution is -2.08. The van der Waals surface area contributed by atoms with E-state index in [9.17, 15) is 10.1 Å². The minimum Gasteiger partial charge on any atom is -0.480 e. The molecule has 1 aromatic carbocycles.